The molecule has 0 saturated carbocycles. The molecular formula is C8H13NO2. The lowest BCUT2D eigenvalue weighted by Crippen LogP contribution is -2.36. The average Bonchev–Trinajstić information content (AvgIpc) is 2.30. The standard InChI is InChI=1S/C8H13NO2/c1-6-3-4-9(7(2)11)8(6)5-10/h5-6,8H,3-4H2,1-2H3. The SMILES string of the molecule is CC(=O)N1CCC(C)C1C=O. The second-order valence-electron chi connectivity index (χ2n) is 3.11. The quantitative estimate of drug-likeness (QED) is 0.515. The molecule has 0 aromatic carbocycles. The number of amides is 1. The van der Waals surface area contributed by atoms with Gasteiger partial charge in [0.15, 0.2) is 0 Å². The van der Waals surface area contributed by atoms with Gasteiger partial charge in [-0.3, -0.25) is 4.79 Å². The molecule has 1 aliphatic heterocycles. The van der Waals surface area contributed by atoms with Crippen molar-refractivity contribution >= 4 is 12.2 Å². The van der Waals surface area contributed by atoms with E-state index in [0.717, 1.165) is 19.3 Å². The molecule has 1 fully saturated rings. The van der Waals surface area contributed by atoms with Crippen LogP contribution in [0.5, 0.6) is 0 Å². The van der Waals surface area contributed by atoms with Gasteiger partial charge in [-0.15, -0.1) is 0 Å². The maximum atomic E-state index is 10.9. The largest absolute Gasteiger partial charge is 0.333 e. The van der Waals surface area contributed by atoms with Gasteiger partial charge in [0.05, 0.1) is 6.04 Å². The van der Waals surface area contributed by atoms with Gasteiger partial charge in [0.25, 0.3) is 0 Å². The van der Waals surface area contributed by atoms with Gasteiger partial charge in [0, 0.05) is 13.5 Å². The van der Waals surface area contributed by atoms with Gasteiger partial charge in [0.2, 0.25) is 5.91 Å². The lowest BCUT2D eigenvalue weighted by atomic mass is 10.0. The van der Waals surface area contributed by atoms with Crippen molar-refractivity contribution in [3.63, 3.8) is 0 Å². The Hall–Kier alpha value is -0.860. The monoisotopic (exact) mass is 155 g/mol. The van der Waals surface area contributed by atoms with Crippen LogP contribution in [0, 0.1) is 5.92 Å². The van der Waals surface area contributed by atoms with Gasteiger partial charge in [-0.1, -0.05) is 6.92 Å². The molecule has 2 unspecified atom stereocenters. The van der Waals surface area contributed by atoms with Crippen LogP contribution in [0.2, 0.25) is 0 Å². The Bertz CT molecular complexity index is 179. The molecule has 0 aromatic heterocycles. The van der Waals surface area contributed by atoms with Crippen LogP contribution < -0.4 is 0 Å². The molecule has 11 heavy (non-hydrogen) atoms. The highest BCUT2D eigenvalue weighted by Crippen LogP contribution is 2.21. The van der Waals surface area contributed by atoms with Gasteiger partial charge in [-0.2, -0.15) is 0 Å². The Kier molecular flexibility index (Phi) is 2.27. The van der Waals surface area contributed by atoms with Crippen LogP contribution >= 0.6 is 0 Å². The van der Waals surface area contributed by atoms with Crippen molar-refractivity contribution in [3.8, 4) is 0 Å². The molecule has 1 amide bonds. The van der Waals surface area contributed by atoms with Crippen LogP contribution in [-0.4, -0.2) is 29.7 Å². The summed E-state index contributed by atoms with van der Waals surface area (Å²) < 4.78 is 0. The van der Waals surface area contributed by atoms with Crippen LogP contribution in [0.1, 0.15) is 20.3 Å². The van der Waals surface area contributed by atoms with Gasteiger partial charge in [-0.25, -0.2) is 0 Å². The minimum atomic E-state index is -0.174. The van der Waals surface area contributed by atoms with E-state index in [2.05, 4.69) is 0 Å². The summed E-state index contributed by atoms with van der Waals surface area (Å²) in [7, 11) is 0. The van der Waals surface area contributed by atoms with Crippen LogP contribution in [0.4, 0.5) is 0 Å². The summed E-state index contributed by atoms with van der Waals surface area (Å²) >= 11 is 0. The smallest absolute Gasteiger partial charge is 0.220 e. The van der Waals surface area contributed by atoms with Gasteiger partial charge in [0.1, 0.15) is 6.29 Å². The molecule has 0 aliphatic carbocycles. The Morgan fingerprint density at radius 1 is 1.64 bits per heavy atom. The van der Waals surface area contributed by atoms with Crippen molar-refractivity contribution in [2.24, 2.45) is 5.92 Å². The first-order valence-corrected chi connectivity index (χ1v) is 3.89. The number of carbonyl (C=O) groups excluding carboxylic acids is 2. The van der Waals surface area contributed by atoms with E-state index in [1.54, 1.807) is 4.90 Å². The molecule has 1 saturated heterocycles. The van der Waals surface area contributed by atoms with Gasteiger partial charge >= 0.3 is 0 Å². The average molecular weight is 155 g/mol. The first-order valence-electron chi connectivity index (χ1n) is 3.89. The van der Waals surface area contributed by atoms with Crippen molar-refractivity contribution in [2.75, 3.05) is 6.54 Å². The van der Waals surface area contributed by atoms with Crippen LogP contribution in [0.25, 0.3) is 0 Å². The predicted molar refractivity (Wildman–Crippen MR) is 41.0 cm³/mol. The maximum Gasteiger partial charge on any atom is 0.220 e. The number of hydrogen-bond acceptors (Lipinski definition) is 2. The Balaban J connectivity index is 2.68. The fourth-order valence-electron chi connectivity index (χ4n) is 1.54. The Morgan fingerprint density at radius 2 is 2.27 bits per heavy atom. The van der Waals surface area contributed by atoms with Crippen molar-refractivity contribution in [1.82, 2.24) is 4.90 Å². The molecule has 1 rings (SSSR count). The first kappa shape index (κ1) is 8.24. The van der Waals surface area contributed by atoms with E-state index in [0.29, 0.717) is 5.92 Å². The third-order valence-electron chi connectivity index (χ3n) is 2.31. The lowest BCUT2D eigenvalue weighted by molar-refractivity contribution is -0.132. The molecule has 0 aromatic rings. The highest BCUT2D eigenvalue weighted by atomic mass is 16.2. The number of nitrogens with zero attached hydrogens (tertiary/aromatic N) is 1. The molecule has 0 spiro atoms. The van der Waals surface area contributed by atoms with Crippen molar-refractivity contribution in [3.05, 3.63) is 0 Å². The number of likely N-dealkylation sites (tertiary alicyclic amines) is 1. The molecule has 1 aliphatic rings. The van der Waals surface area contributed by atoms with E-state index in [9.17, 15) is 9.59 Å². The summed E-state index contributed by atoms with van der Waals surface area (Å²) in [5, 5.41) is 0. The van der Waals surface area contributed by atoms with E-state index in [4.69, 9.17) is 0 Å². The van der Waals surface area contributed by atoms with Gasteiger partial charge in [-0.05, 0) is 12.3 Å². The van der Waals surface area contributed by atoms with E-state index in [-0.39, 0.29) is 11.9 Å². The predicted octanol–water partition coefficient (Wildman–Crippen LogP) is 0.442. The fraction of sp³-hybridized carbons (Fsp3) is 0.750. The Labute approximate surface area is 66.4 Å². The van der Waals surface area contributed by atoms with E-state index >= 15 is 0 Å². The number of aldehydes is 1. The molecule has 0 N–H and O–H groups in total. The third kappa shape index (κ3) is 1.42. The molecule has 0 bridgehead atoms. The van der Waals surface area contributed by atoms with E-state index in [1.807, 2.05) is 6.92 Å². The summed E-state index contributed by atoms with van der Waals surface area (Å²) in [6, 6.07) is -0.174. The van der Waals surface area contributed by atoms with Crippen LogP contribution in [0.15, 0.2) is 0 Å². The number of carbonyl (C=O) groups is 2. The summed E-state index contributed by atoms with van der Waals surface area (Å²) in [4.78, 5) is 23.1. The number of rotatable bonds is 1. The molecular weight excluding hydrogens is 142 g/mol. The van der Waals surface area contributed by atoms with E-state index in [1.165, 1.54) is 6.92 Å². The minimum absolute atomic E-state index is 0.00597. The van der Waals surface area contributed by atoms with Crippen LogP contribution in [-0.2, 0) is 9.59 Å². The first-order chi connectivity index (χ1) is 5.16. The minimum Gasteiger partial charge on any atom is -0.333 e. The maximum absolute atomic E-state index is 10.9. The molecule has 3 nitrogen and oxygen atoms in total. The van der Waals surface area contributed by atoms with Crippen LogP contribution in [0.3, 0.4) is 0 Å². The van der Waals surface area contributed by atoms with E-state index < -0.39 is 0 Å². The molecule has 0 radical (unpaired) electrons. The van der Waals surface area contributed by atoms with Gasteiger partial charge < -0.3 is 9.69 Å². The molecule has 3 heteroatoms. The third-order valence-corrected chi connectivity index (χ3v) is 2.31. The second-order valence-corrected chi connectivity index (χ2v) is 3.11. The summed E-state index contributed by atoms with van der Waals surface area (Å²) in [6.07, 6.45) is 1.82. The van der Waals surface area contributed by atoms with Crippen molar-refractivity contribution < 1.29 is 9.59 Å². The van der Waals surface area contributed by atoms with Crippen molar-refractivity contribution in [1.29, 1.82) is 0 Å². The fourth-order valence-corrected chi connectivity index (χ4v) is 1.54. The zero-order chi connectivity index (χ0) is 8.43. The zero-order valence-corrected chi connectivity index (χ0v) is 6.91. The second kappa shape index (κ2) is 3.03. The van der Waals surface area contributed by atoms with Crippen molar-refractivity contribution in [2.45, 2.75) is 26.3 Å². The topological polar surface area (TPSA) is 37.4 Å². The Morgan fingerprint density at radius 3 is 2.64 bits per heavy atom. The summed E-state index contributed by atoms with van der Waals surface area (Å²) in [6.45, 7) is 4.25. The summed E-state index contributed by atoms with van der Waals surface area (Å²) in [5.41, 5.74) is 0. The number of hydrogen-bond donors (Lipinski definition) is 0. The normalized spacial score (nSPS) is 30.5. The molecule has 2 atom stereocenters. The molecule has 1 heterocycles. The highest BCUT2D eigenvalue weighted by Gasteiger charge is 2.31. The zero-order valence-electron chi connectivity index (χ0n) is 6.91. The molecule has 62 valence electrons. The lowest BCUT2D eigenvalue weighted by Gasteiger charge is -2.19. The summed E-state index contributed by atoms with van der Waals surface area (Å²) in [5.74, 6) is 0.336. The highest BCUT2D eigenvalue weighted by molar-refractivity contribution is 5.78.